The molecule has 1 unspecified atom stereocenters. The highest BCUT2D eigenvalue weighted by atomic mass is 32.2. The molecule has 0 spiro atoms. The number of thioether (sulfide) groups is 1. The summed E-state index contributed by atoms with van der Waals surface area (Å²) in [5, 5.41) is 11.9. The Kier molecular flexibility index (Phi) is 7.13. The molecule has 4 rings (SSSR count). The van der Waals surface area contributed by atoms with Crippen LogP contribution in [0.2, 0.25) is 0 Å². The van der Waals surface area contributed by atoms with Gasteiger partial charge in [0, 0.05) is 30.7 Å². The third-order valence-electron chi connectivity index (χ3n) is 5.81. The molecule has 0 bridgehead atoms. The molecule has 1 atom stereocenters. The van der Waals surface area contributed by atoms with Gasteiger partial charge in [-0.2, -0.15) is 4.31 Å². The van der Waals surface area contributed by atoms with Crippen molar-refractivity contribution >= 4 is 33.4 Å². The molecule has 2 aromatic rings. The molecular formula is C22H31N5O4S2. The fourth-order valence-electron chi connectivity index (χ4n) is 3.78. The highest BCUT2D eigenvalue weighted by molar-refractivity contribution is 8.00. The van der Waals surface area contributed by atoms with Crippen molar-refractivity contribution in [3.63, 3.8) is 0 Å². The molecule has 0 radical (unpaired) electrons. The van der Waals surface area contributed by atoms with Gasteiger partial charge in [0.2, 0.25) is 15.9 Å². The average molecular weight is 494 g/mol. The lowest BCUT2D eigenvalue weighted by molar-refractivity contribution is -0.115. The van der Waals surface area contributed by atoms with Crippen molar-refractivity contribution in [2.45, 2.75) is 67.8 Å². The maximum absolute atomic E-state index is 13.1. The van der Waals surface area contributed by atoms with Crippen molar-refractivity contribution in [3.8, 4) is 0 Å². The zero-order valence-electron chi connectivity index (χ0n) is 19.4. The van der Waals surface area contributed by atoms with Gasteiger partial charge < -0.3 is 14.6 Å². The summed E-state index contributed by atoms with van der Waals surface area (Å²) in [6, 6.07) is 5.41. The number of amides is 1. The Balaban J connectivity index is 1.48. The quantitative estimate of drug-likeness (QED) is 0.563. The van der Waals surface area contributed by atoms with E-state index in [4.69, 9.17) is 4.74 Å². The summed E-state index contributed by atoms with van der Waals surface area (Å²) in [4.78, 5) is 13.1. The van der Waals surface area contributed by atoms with Gasteiger partial charge in [0.05, 0.1) is 23.4 Å². The highest BCUT2D eigenvalue weighted by Crippen LogP contribution is 2.40. The Bertz CT molecular complexity index is 1120. The predicted octanol–water partition coefficient (Wildman–Crippen LogP) is 3.19. The monoisotopic (exact) mass is 493 g/mol. The van der Waals surface area contributed by atoms with E-state index in [1.165, 1.54) is 16.1 Å². The smallest absolute Gasteiger partial charge is 0.243 e. The molecule has 1 aromatic heterocycles. The Morgan fingerprint density at radius 2 is 1.88 bits per heavy atom. The number of hydrogen-bond donors (Lipinski definition) is 1. The van der Waals surface area contributed by atoms with Gasteiger partial charge in [-0.25, -0.2) is 8.42 Å². The fraction of sp³-hybridized carbons (Fsp3) is 0.591. The first-order valence-corrected chi connectivity index (χ1v) is 13.6. The van der Waals surface area contributed by atoms with E-state index in [1.807, 2.05) is 6.92 Å². The van der Waals surface area contributed by atoms with Gasteiger partial charge in [-0.15, -0.1) is 10.2 Å². The zero-order chi connectivity index (χ0) is 23.8. The molecule has 33 heavy (non-hydrogen) atoms. The third kappa shape index (κ3) is 5.26. The number of nitrogens with zero attached hydrogens (tertiary/aromatic N) is 4. The molecule has 9 nitrogen and oxygen atoms in total. The lowest BCUT2D eigenvalue weighted by Gasteiger charge is -2.27. The number of aromatic nitrogens is 3. The lowest BCUT2D eigenvalue weighted by atomic mass is 10.2. The molecule has 1 aliphatic carbocycles. The maximum atomic E-state index is 13.1. The number of benzene rings is 1. The van der Waals surface area contributed by atoms with Crippen LogP contribution in [-0.4, -0.2) is 64.9 Å². The largest absolute Gasteiger partial charge is 0.379 e. The second-order valence-corrected chi connectivity index (χ2v) is 12.1. The number of aryl methyl sites for hydroxylation is 1. The molecule has 1 aliphatic heterocycles. The number of carbonyl (C=O) groups excluding carboxylic acids is 1. The molecule has 1 aromatic carbocycles. The maximum Gasteiger partial charge on any atom is 0.243 e. The highest BCUT2D eigenvalue weighted by Gasteiger charge is 2.32. The Morgan fingerprint density at radius 1 is 1.18 bits per heavy atom. The van der Waals surface area contributed by atoms with E-state index in [9.17, 15) is 13.2 Å². The van der Waals surface area contributed by atoms with Gasteiger partial charge in [-0.1, -0.05) is 31.7 Å². The van der Waals surface area contributed by atoms with Crippen LogP contribution in [-0.2, 0) is 19.6 Å². The Hall–Kier alpha value is -1.95. The van der Waals surface area contributed by atoms with E-state index in [-0.39, 0.29) is 16.7 Å². The van der Waals surface area contributed by atoms with Crippen LogP contribution in [0.25, 0.3) is 0 Å². The minimum Gasteiger partial charge on any atom is -0.379 e. The molecule has 2 aliphatic rings. The topological polar surface area (TPSA) is 106 Å². The van der Waals surface area contributed by atoms with E-state index in [0.29, 0.717) is 43.6 Å². The lowest BCUT2D eigenvalue weighted by Crippen LogP contribution is -2.40. The number of ether oxygens (including phenoxy) is 1. The van der Waals surface area contributed by atoms with E-state index in [1.54, 1.807) is 25.1 Å². The Labute approximate surface area is 199 Å². The van der Waals surface area contributed by atoms with Gasteiger partial charge >= 0.3 is 0 Å². The van der Waals surface area contributed by atoms with Crippen molar-refractivity contribution in [2.24, 2.45) is 0 Å². The first kappa shape index (κ1) is 24.2. The predicted molar refractivity (Wildman–Crippen MR) is 127 cm³/mol. The molecule has 1 saturated heterocycles. The van der Waals surface area contributed by atoms with E-state index in [2.05, 4.69) is 33.9 Å². The SMILES string of the molecule is Cc1ccc(NC(=O)C(C)Sc2nnc(C(C)C)n2C2CC2)cc1S(=O)(=O)N1CCOCC1. The molecule has 2 heterocycles. The minimum atomic E-state index is -3.66. The van der Waals surface area contributed by atoms with Gasteiger partial charge in [0.25, 0.3) is 0 Å². The first-order chi connectivity index (χ1) is 15.7. The number of rotatable bonds is 8. The van der Waals surface area contributed by atoms with Crippen molar-refractivity contribution < 1.29 is 17.9 Å². The van der Waals surface area contributed by atoms with Crippen LogP contribution in [0.4, 0.5) is 5.69 Å². The second kappa shape index (κ2) is 9.73. The molecule has 180 valence electrons. The standard InChI is InChI=1S/C22H31N5O4S2/c1-14(2)20-24-25-22(27(20)18-7-8-18)32-16(4)21(28)23-17-6-5-15(3)19(13-17)33(29,30)26-9-11-31-12-10-26/h5-6,13-14,16,18H,7-12H2,1-4H3,(H,23,28). The van der Waals surface area contributed by atoms with Crippen LogP contribution in [0.15, 0.2) is 28.3 Å². The number of nitrogens with one attached hydrogen (secondary N) is 1. The molecule has 11 heteroatoms. The molecule has 1 amide bonds. The molecule has 1 N–H and O–H groups in total. The summed E-state index contributed by atoms with van der Waals surface area (Å²) >= 11 is 1.38. The molecule has 2 fully saturated rings. The summed E-state index contributed by atoms with van der Waals surface area (Å²) in [6.07, 6.45) is 2.21. The summed E-state index contributed by atoms with van der Waals surface area (Å²) in [6.45, 7) is 9.18. The van der Waals surface area contributed by atoms with Crippen LogP contribution in [0.1, 0.15) is 57.0 Å². The van der Waals surface area contributed by atoms with Crippen LogP contribution in [0.5, 0.6) is 0 Å². The minimum absolute atomic E-state index is 0.206. The van der Waals surface area contributed by atoms with Gasteiger partial charge in [0.1, 0.15) is 5.82 Å². The van der Waals surface area contributed by atoms with Crippen LogP contribution < -0.4 is 5.32 Å². The second-order valence-electron chi connectivity index (χ2n) is 8.84. The average Bonchev–Trinajstić information content (AvgIpc) is 3.54. The first-order valence-electron chi connectivity index (χ1n) is 11.3. The van der Waals surface area contributed by atoms with Gasteiger partial charge in [-0.3, -0.25) is 4.79 Å². The van der Waals surface area contributed by atoms with Gasteiger partial charge in [-0.05, 0) is 44.4 Å². The number of carbonyl (C=O) groups is 1. The van der Waals surface area contributed by atoms with Crippen molar-refractivity contribution in [3.05, 3.63) is 29.6 Å². The summed E-state index contributed by atoms with van der Waals surface area (Å²) in [5.74, 6) is 0.995. The van der Waals surface area contributed by atoms with Crippen LogP contribution in [0.3, 0.4) is 0 Å². The van der Waals surface area contributed by atoms with E-state index < -0.39 is 15.3 Å². The van der Waals surface area contributed by atoms with Gasteiger partial charge in [0.15, 0.2) is 5.16 Å². The molecule has 1 saturated carbocycles. The van der Waals surface area contributed by atoms with Crippen LogP contribution >= 0.6 is 11.8 Å². The number of hydrogen-bond acceptors (Lipinski definition) is 7. The fourth-order valence-corrected chi connectivity index (χ4v) is 6.36. The van der Waals surface area contributed by atoms with E-state index >= 15 is 0 Å². The van der Waals surface area contributed by atoms with Crippen molar-refractivity contribution in [2.75, 3.05) is 31.6 Å². The number of sulfonamides is 1. The third-order valence-corrected chi connectivity index (χ3v) is 8.91. The summed E-state index contributed by atoms with van der Waals surface area (Å²) in [7, 11) is -3.66. The molecular weight excluding hydrogens is 462 g/mol. The number of anilines is 1. The summed E-state index contributed by atoms with van der Waals surface area (Å²) in [5.41, 5.74) is 1.09. The normalized spacial score (nSPS) is 18.5. The number of morpholine rings is 1. The van der Waals surface area contributed by atoms with Crippen LogP contribution in [0, 0.1) is 6.92 Å². The van der Waals surface area contributed by atoms with Crippen molar-refractivity contribution in [1.82, 2.24) is 19.1 Å². The summed E-state index contributed by atoms with van der Waals surface area (Å²) < 4.78 is 35.1. The van der Waals surface area contributed by atoms with E-state index in [0.717, 1.165) is 23.8 Å². The zero-order valence-corrected chi connectivity index (χ0v) is 21.1. The van der Waals surface area contributed by atoms with Crippen molar-refractivity contribution in [1.29, 1.82) is 0 Å². The Morgan fingerprint density at radius 3 is 2.52 bits per heavy atom.